The molecule has 0 saturated heterocycles. The Kier molecular flexibility index (Phi) is 3.19. The molecule has 2 rings (SSSR count). The Labute approximate surface area is 109 Å². The topological polar surface area (TPSA) is 64.1 Å². The lowest BCUT2D eigenvalue weighted by molar-refractivity contribution is -0.376. The van der Waals surface area contributed by atoms with E-state index in [9.17, 15) is 31.4 Å². The highest BCUT2D eigenvalue weighted by Crippen LogP contribution is 2.51. The van der Waals surface area contributed by atoms with E-state index in [-0.39, 0.29) is 12.5 Å². The minimum Gasteiger partial charge on any atom is -0.384 e. The van der Waals surface area contributed by atoms with Gasteiger partial charge in [-0.3, -0.25) is 0 Å². The molecule has 0 atom stereocenters. The molecule has 0 aliphatic heterocycles. The summed E-state index contributed by atoms with van der Waals surface area (Å²) >= 11 is 0. The number of anilines is 1. The third-order valence-electron chi connectivity index (χ3n) is 3.22. The minimum atomic E-state index is -5.95. The zero-order valence-corrected chi connectivity index (χ0v) is 9.96. The highest BCUT2D eigenvalue weighted by molar-refractivity contribution is 5.45. The number of alkyl halides is 6. The predicted molar refractivity (Wildman–Crippen MR) is 55.4 cm³/mol. The van der Waals surface area contributed by atoms with Gasteiger partial charge in [-0.1, -0.05) is 0 Å². The van der Waals surface area contributed by atoms with Crippen molar-refractivity contribution in [2.75, 3.05) is 5.73 Å². The molecule has 1 aromatic rings. The van der Waals surface area contributed by atoms with Crippen molar-refractivity contribution in [1.82, 2.24) is 9.78 Å². The first-order valence-corrected chi connectivity index (χ1v) is 5.66. The van der Waals surface area contributed by atoms with Gasteiger partial charge in [0.2, 0.25) is 0 Å². The van der Waals surface area contributed by atoms with Gasteiger partial charge in [-0.25, -0.2) is 4.68 Å². The summed E-state index contributed by atoms with van der Waals surface area (Å²) in [6.07, 6.45) is -9.95. The summed E-state index contributed by atoms with van der Waals surface area (Å²) in [5.41, 5.74) is -1.21. The second-order valence-electron chi connectivity index (χ2n) is 4.77. The van der Waals surface area contributed by atoms with Gasteiger partial charge >= 0.3 is 12.4 Å². The number of nitrogens with two attached hydrogens (primary N) is 1. The molecule has 1 heterocycles. The van der Waals surface area contributed by atoms with Crippen molar-refractivity contribution in [3.63, 3.8) is 0 Å². The maximum atomic E-state index is 12.7. The Bertz CT molecular complexity index is 488. The van der Waals surface area contributed by atoms with Crippen LogP contribution in [0.4, 0.5) is 32.2 Å². The van der Waals surface area contributed by atoms with Gasteiger partial charge in [-0.15, -0.1) is 0 Å². The van der Waals surface area contributed by atoms with Crippen molar-refractivity contribution in [3.8, 4) is 0 Å². The molecule has 1 saturated carbocycles. The SMILES string of the molecule is Nc1c(C(O)(C(F)(F)F)C(F)(F)F)cnn1CC1CC1. The number of hydrogen-bond donors (Lipinski definition) is 2. The van der Waals surface area contributed by atoms with Gasteiger partial charge in [-0.2, -0.15) is 31.4 Å². The summed E-state index contributed by atoms with van der Waals surface area (Å²) in [6, 6.07) is 0. The van der Waals surface area contributed by atoms with E-state index in [4.69, 9.17) is 5.73 Å². The van der Waals surface area contributed by atoms with Crippen molar-refractivity contribution in [2.45, 2.75) is 37.3 Å². The second kappa shape index (κ2) is 4.27. The minimum absolute atomic E-state index is 0.137. The third kappa shape index (κ3) is 2.21. The normalized spacial score (nSPS) is 17.6. The van der Waals surface area contributed by atoms with E-state index in [2.05, 4.69) is 5.10 Å². The Morgan fingerprint density at radius 1 is 1.20 bits per heavy atom. The quantitative estimate of drug-likeness (QED) is 0.841. The smallest absolute Gasteiger partial charge is 0.384 e. The molecule has 20 heavy (non-hydrogen) atoms. The molecule has 0 amide bonds. The molecule has 3 N–H and O–H groups in total. The molecular formula is C10H11F6N3O. The Hall–Kier alpha value is -1.45. The van der Waals surface area contributed by atoms with E-state index < -0.39 is 29.3 Å². The molecular weight excluding hydrogens is 292 g/mol. The Morgan fingerprint density at radius 2 is 1.70 bits per heavy atom. The second-order valence-corrected chi connectivity index (χ2v) is 4.77. The number of aliphatic hydroxyl groups is 1. The average Bonchev–Trinajstić information content (AvgIpc) is 3.00. The zero-order valence-electron chi connectivity index (χ0n) is 9.96. The number of nitrogen functional groups attached to an aromatic ring is 1. The van der Waals surface area contributed by atoms with E-state index in [1.54, 1.807) is 0 Å². The van der Waals surface area contributed by atoms with Gasteiger partial charge in [-0.05, 0) is 18.8 Å². The number of rotatable bonds is 3. The molecule has 0 unspecified atom stereocenters. The van der Waals surface area contributed by atoms with Crippen LogP contribution in [0.25, 0.3) is 0 Å². The number of hydrogen-bond acceptors (Lipinski definition) is 3. The van der Waals surface area contributed by atoms with Gasteiger partial charge in [0.1, 0.15) is 5.82 Å². The van der Waals surface area contributed by atoms with E-state index in [0.29, 0.717) is 6.20 Å². The summed E-state index contributed by atoms with van der Waals surface area (Å²) in [6.45, 7) is 0.137. The predicted octanol–water partition coefficient (Wildman–Crippen LogP) is 2.19. The standard InChI is InChI=1S/C10H11F6N3O/c11-9(12,13)8(20,10(14,15)16)6-3-18-19(7(6)17)4-5-1-2-5/h3,5,20H,1-2,4,17H2. The molecule has 1 aliphatic carbocycles. The molecule has 0 aromatic carbocycles. The number of nitrogens with zero attached hydrogens (tertiary/aromatic N) is 2. The third-order valence-corrected chi connectivity index (χ3v) is 3.22. The van der Waals surface area contributed by atoms with Crippen molar-refractivity contribution in [2.24, 2.45) is 5.92 Å². The maximum Gasteiger partial charge on any atom is 0.430 e. The zero-order chi connectivity index (χ0) is 15.3. The molecule has 0 radical (unpaired) electrons. The van der Waals surface area contributed by atoms with E-state index in [1.165, 1.54) is 0 Å². The van der Waals surface area contributed by atoms with Crippen LogP contribution >= 0.6 is 0 Å². The van der Waals surface area contributed by atoms with Gasteiger partial charge in [0, 0.05) is 6.54 Å². The highest BCUT2D eigenvalue weighted by Gasteiger charge is 2.72. The van der Waals surface area contributed by atoms with Crippen LogP contribution in [0, 0.1) is 5.92 Å². The number of aromatic nitrogens is 2. The van der Waals surface area contributed by atoms with Crippen LogP contribution in [0.3, 0.4) is 0 Å². The van der Waals surface area contributed by atoms with Gasteiger partial charge in [0.05, 0.1) is 11.8 Å². The van der Waals surface area contributed by atoms with Gasteiger partial charge in [0.15, 0.2) is 0 Å². The first-order valence-electron chi connectivity index (χ1n) is 5.66. The first-order chi connectivity index (χ1) is 8.98. The first kappa shape index (κ1) is 14.9. The van der Waals surface area contributed by atoms with Crippen LogP contribution < -0.4 is 5.73 Å². The fourth-order valence-corrected chi connectivity index (χ4v) is 1.83. The maximum absolute atomic E-state index is 12.7. The van der Waals surface area contributed by atoms with E-state index in [0.717, 1.165) is 17.5 Å². The summed E-state index contributed by atoms with van der Waals surface area (Å²) in [5, 5.41) is 12.6. The monoisotopic (exact) mass is 303 g/mol. The lowest BCUT2D eigenvalue weighted by Gasteiger charge is -2.31. The van der Waals surface area contributed by atoms with E-state index in [1.807, 2.05) is 0 Å². The highest BCUT2D eigenvalue weighted by atomic mass is 19.4. The Balaban J connectivity index is 2.47. The van der Waals surface area contributed by atoms with Crippen LogP contribution in [-0.4, -0.2) is 27.2 Å². The van der Waals surface area contributed by atoms with Crippen molar-refractivity contribution in [3.05, 3.63) is 11.8 Å². The summed E-state index contributed by atoms with van der Waals surface area (Å²) < 4.78 is 77.0. The largest absolute Gasteiger partial charge is 0.430 e. The summed E-state index contributed by atoms with van der Waals surface area (Å²) in [7, 11) is 0. The van der Waals surface area contributed by atoms with Crippen LogP contribution in [0.15, 0.2) is 6.20 Å². The van der Waals surface area contributed by atoms with Gasteiger partial charge < -0.3 is 10.8 Å². The molecule has 10 heteroatoms. The molecule has 1 fully saturated rings. The molecule has 0 bridgehead atoms. The average molecular weight is 303 g/mol. The fourth-order valence-electron chi connectivity index (χ4n) is 1.83. The number of halogens is 6. The lowest BCUT2D eigenvalue weighted by atomic mass is 9.94. The van der Waals surface area contributed by atoms with E-state index >= 15 is 0 Å². The van der Waals surface area contributed by atoms with Crippen molar-refractivity contribution < 1.29 is 31.4 Å². The van der Waals surface area contributed by atoms with Crippen LogP contribution in [0.1, 0.15) is 18.4 Å². The van der Waals surface area contributed by atoms with Crippen molar-refractivity contribution in [1.29, 1.82) is 0 Å². The molecule has 1 aliphatic rings. The van der Waals surface area contributed by atoms with Crippen LogP contribution in [0.2, 0.25) is 0 Å². The molecule has 114 valence electrons. The van der Waals surface area contributed by atoms with Gasteiger partial charge in [0.25, 0.3) is 5.60 Å². The molecule has 4 nitrogen and oxygen atoms in total. The lowest BCUT2D eigenvalue weighted by Crippen LogP contribution is -2.54. The molecule has 1 aromatic heterocycles. The van der Waals surface area contributed by atoms with Crippen LogP contribution in [0.5, 0.6) is 0 Å². The Morgan fingerprint density at radius 3 is 2.10 bits per heavy atom. The summed E-state index contributed by atoms with van der Waals surface area (Å²) in [4.78, 5) is 0. The summed E-state index contributed by atoms with van der Waals surface area (Å²) in [5.74, 6) is -0.677. The van der Waals surface area contributed by atoms with Crippen molar-refractivity contribution >= 4 is 5.82 Å². The van der Waals surface area contributed by atoms with Crippen LogP contribution in [-0.2, 0) is 12.1 Å². The molecule has 0 spiro atoms. The fraction of sp³-hybridized carbons (Fsp3) is 0.700.